The van der Waals surface area contributed by atoms with Gasteiger partial charge in [0.05, 0.1) is 0 Å². The van der Waals surface area contributed by atoms with Crippen LogP contribution in [0.25, 0.3) is 33.3 Å². The van der Waals surface area contributed by atoms with Crippen molar-refractivity contribution < 1.29 is 14.7 Å². The maximum Gasteiger partial charge on any atom is 0.255 e. The van der Waals surface area contributed by atoms with E-state index in [1.165, 1.54) is 18.0 Å². The van der Waals surface area contributed by atoms with E-state index < -0.39 is 12.0 Å². The molecule has 3 N–H and O–H groups in total. The fourth-order valence-electron chi connectivity index (χ4n) is 3.49. The summed E-state index contributed by atoms with van der Waals surface area (Å²) >= 11 is 0. The van der Waals surface area contributed by atoms with Gasteiger partial charge in [-0.2, -0.15) is 0 Å². The number of anilines is 1. The van der Waals surface area contributed by atoms with Gasteiger partial charge in [-0.15, -0.1) is 0 Å². The molecule has 0 aliphatic rings. The van der Waals surface area contributed by atoms with Gasteiger partial charge in [-0.3, -0.25) is 14.6 Å². The third-order valence-electron chi connectivity index (χ3n) is 5.13. The van der Waals surface area contributed by atoms with Crippen LogP contribution in [-0.4, -0.2) is 50.9 Å². The second kappa shape index (κ2) is 8.60. The third kappa shape index (κ3) is 4.21. The number of likely N-dealkylation sites (N-methyl/N-ethyl adjacent to an activating group) is 1. The highest BCUT2D eigenvalue weighted by Crippen LogP contribution is 2.32. The molecule has 0 saturated heterocycles. The van der Waals surface area contributed by atoms with E-state index >= 15 is 0 Å². The number of carbonyl (C=O) groups is 2. The van der Waals surface area contributed by atoms with Crippen LogP contribution in [0.1, 0.15) is 18.6 Å². The Morgan fingerprint density at radius 3 is 2.44 bits per heavy atom. The normalized spacial score (nSPS) is 11.9. The zero-order chi connectivity index (χ0) is 22.8. The lowest BCUT2D eigenvalue weighted by Gasteiger charge is -2.16. The molecule has 0 aliphatic heterocycles. The highest BCUT2D eigenvalue weighted by atomic mass is 16.3. The summed E-state index contributed by atoms with van der Waals surface area (Å²) in [6.07, 6.45) is 5.50. The van der Waals surface area contributed by atoms with E-state index in [-0.39, 0.29) is 5.91 Å². The van der Waals surface area contributed by atoms with Gasteiger partial charge >= 0.3 is 0 Å². The minimum absolute atomic E-state index is 0.119. The average molecular weight is 429 g/mol. The first-order chi connectivity index (χ1) is 15.3. The molecule has 0 spiro atoms. The summed E-state index contributed by atoms with van der Waals surface area (Å²) in [6, 6.07) is 11.3. The topological polar surface area (TPSA) is 111 Å². The third-order valence-corrected chi connectivity index (χ3v) is 5.13. The van der Waals surface area contributed by atoms with E-state index in [2.05, 4.69) is 20.3 Å². The van der Waals surface area contributed by atoms with Crippen molar-refractivity contribution in [1.82, 2.24) is 19.9 Å². The van der Waals surface area contributed by atoms with E-state index in [0.29, 0.717) is 5.56 Å². The van der Waals surface area contributed by atoms with Gasteiger partial charge in [-0.05, 0) is 29.8 Å². The summed E-state index contributed by atoms with van der Waals surface area (Å²) in [4.78, 5) is 36.6. The van der Waals surface area contributed by atoms with Crippen LogP contribution in [-0.2, 0) is 9.59 Å². The SMILES string of the molecule is CC(=O)Nc1ccc(-c2c[nH]c3ncc(-c4cncc(C(O)C(=O)N(C)C)c4)cc23)cc1. The molecule has 8 nitrogen and oxygen atoms in total. The molecule has 4 aromatic rings. The monoisotopic (exact) mass is 429 g/mol. The molecule has 0 saturated carbocycles. The van der Waals surface area contributed by atoms with Crippen molar-refractivity contribution >= 4 is 28.5 Å². The van der Waals surface area contributed by atoms with Crippen molar-refractivity contribution in [3.8, 4) is 22.3 Å². The molecule has 8 heteroatoms. The van der Waals surface area contributed by atoms with E-state index in [1.54, 1.807) is 32.6 Å². The standard InChI is InChI=1S/C24H23N5O3/c1-14(30)28-19-6-4-15(5-7-19)21-13-27-23-20(21)9-17(12-26-23)16-8-18(11-25-10-16)22(31)24(32)29(2)3/h4-13,22,31H,1-3H3,(H,26,27)(H,28,30). The van der Waals surface area contributed by atoms with E-state index in [4.69, 9.17) is 0 Å². The first-order valence-corrected chi connectivity index (χ1v) is 10.0. The molecule has 162 valence electrons. The smallest absolute Gasteiger partial charge is 0.255 e. The fourth-order valence-corrected chi connectivity index (χ4v) is 3.49. The molecule has 0 bridgehead atoms. The molecule has 0 radical (unpaired) electrons. The van der Waals surface area contributed by atoms with Gasteiger partial charge in [-0.1, -0.05) is 12.1 Å². The summed E-state index contributed by atoms with van der Waals surface area (Å²) in [6.45, 7) is 1.47. The number of amides is 2. The Morgan fingerprint density at radius 2 is 1.75 bits per heavy atom. The molecule has 1 atom stereocenters. The number of fused-ring (bicyclic) bond motifs is 1. The molecule has 2 amide bonds. The number of aliphatic hydroxyl groups is 1. The van der Waals surface area contributed by atoms with E-state index in [9.17, 15) is 14.7 Å². The molecule has 4 rings (SSSR count). The number of nitrogens with one attached hydrogen (secondary N) is 2. The van der Waals surface area contributed by atoms with Gasteiger partial charge in [-0.25, -0.2) is 4.98 Å². The zero-order valence-corrected chi connectivity index (χ0v) is 18.0. The summed E-state index contributed by atoms with van der Waals surface area (Å²) in [7, 11) is 3.19. The Kier molecular flexibility index (Phi) is 5.70. The highest BCUT2D eigenvalue weighted by molar-refractivity contribution is 5.96. The predicted molar refractivity (Wildman–Crippen MR) is 123 cm³/mol. The number of benzene rings is 1. The minimum atomic E-state index is -1.28. The van der Waals surface area contributed by atoms with Gasteiger partial charge in [0.25, 0.3) is 5.91 Å². The van der Waals surface area contributed by atoms with Gasteiger partial charge in [0, 0.05) is 79.1 Å². The minimum Gasteiger partial charge on any atom is -0.378 e. The number of nitrogens with zero attached hydrogens (tertiary/aromatic N) is 3. The van der Waals surface area contributed by atoms with Crippen LogP contribution in [0.4, 0.5) is 5.69 Å². The molecule has 32 heavy (non-hydrogen) atoms. The Hall–Kier alpha value is -4.04. The quantitative estimate of drug-likeness (QED) is 0.450. The second-order valence-electron chi connectivity index (χ2n) is 7.72. The van der Waals surface area contributed by atoms with Crippen LogP contribution in [0.5, 0.6) is 0 Å². The molecular formula is C24H23N5O3. The summed E-state index contributed by atoms with van der Waals surface area (Å²) in [5, 5.41) is 14.0. The number of aromatic nitrogens is 3. The number of pyridine rings is 2. The number of hydrogen-bond acceptors (Lipinski definition) is 5. The number of hydrogen-bond donors (Lipinski definition) is 3. The first-order valence-electron chi connectivity index (χ1n) is 10.0. The second-order valence-corrected chi connectivity index (χ2v) is 7.72. The van der Waals surface area contributed by atoms with E-state index in [0.717, 1.165) is 39.0 Å². The van der Waals surface area contributed by atoms with Crippen LogP contribution in [0.15, 0.2) is 61.2 Å². The number of aliphatic hydroxyl groups excluding tert-OH is 1. The van der Waals surface area contributed by atoms with E-state index in [1.807, 2.05) is 36.5 Å². The Balaban J connectivity index is 1.70. The molecule has 3 heterocycles. The number of aromatic amines is 1. The Bertz CT molecular complexity index is 1290. The summed E-state index contributed by atoms with van der Waals surface area (Å²) < 4.78 is 0. The van der Waals surface area contributed by atoms with Crippen LogP contribution in [0.3, 0.4) is 0 Å². The number of rotatable bonds is 5. The van der Waals surface area contributed by atoms with Crippen molar-refractivity contribution in [1.29, 1.82) is 0 Å². The maximum atomic E-state index is 12.1. The molecule has 0 fully saturated rings. The predicted octanol–water partition coefficient (Wildman–Crippen LogP) is 3.37. The molecule has 3 aromatic heterocycles. The lowest BCUT2D eigenvalue weighted by Crippen LogP contribution is -2.28. The van der Waals surface area contributed by atoms with Crippen molar-refractivity contribution in [2.75, 3.05) is 19.4 Å². The van der Waals surface area contributed by atoms with Crippen LogP contribution >= 0.6 is 0 Å². The van der Waals surface area contributed by atoms with Crippen molar-refractivity contribution in [2.45, 2.75) is 13.0 Å². The Morgan fingerprint density at radius 1 is 1.03 bits per heavy atom. The molecule has 1 unspecified atom stereocenters. The van der Waals surface area contributed by atoms with Gasteiger partial charge in [0.15, 0.2) is 6.10 Å². The maximum absolute atomic E-state index is 12.1. The number of carbonyl (C=O) groups excluding carboxylic acids is 2. The Labute approximate surface area is 184 Å². The summed E-state index contributed by atoms with van der Waals surface area (Å²) in [5.74, 6) is -0.528. The molecule has 1 aromatic carbocycles. The zero-order valence-electron chi connectivity index (χ0n) is 18.0. The largest absolute Gasteiger partial charge is 0.378 e. The lowest BCUT2D eigenvalue weighted by molar-refractivity contribution is -0.137. The average Bonchev–Trinajstić information content (AvgIpc) is 3.21. The lowest BCUT2D eigenvalue weighted by atomic mass is 10.0. The first kappa shape index (κ1) is 21.2. The van der Waals surface area contributed by atoms with Gasteiger partial charge in [0.1, 0.15) is 5.65 Å². The van der Waals surface area contributed by atoms with Crippen LogP contribution < -0.4 is 5.32 Å². The van der Waals surface area contributed by atoms with Gasteiger partial charge in [0.2, 0.25) is 5.91 Å². The van der Waals surface area contributed by atoms with Crippen molar-refractivity contribution in [3.63, 3.8) is 0 Å². The van der Waals surface area contributed by atoms with Crippen molar-refractivity contribution in [2.24, 2.45) is 0 Å². The van der Waals surface area contributed by atoms with Crippen LogP contribution in [0, 0.1) is 0 Å². The van der Waals surface area contributed by atoms with Crippen LogP contribution in [0.2, 0.25) is 0 Å². The molecule has 0 aliphatic carbocycles. The fraction of sp³-hybridized carbons (Fsp3) is 0.167. The molecular weight excluding hydrogens is 406 g/mol. The number of H-pyrrole nitrogens is 1. The van der Waals surface area contributed by atoms with Gasteiger partial charge < -0.3 is 20.3 Å². The summed E-state index contributed by atoms with van der Waals surface area (Å²) in [5.41, 5.74) is 5.39. The van der Waals surface area contributed by atoms with Crippen molar-refractivity contribution in [3.05, 3.63) is 66.7 Å². The highest BCUT2D eigenvalue weighted by Gasteiger charge is 2.20.